The average Bonchev–Trinajstić information content (AvgIpc) is 3.25. The minimum atomic E-state index is -4.15. The lowest BCUT2D eigenvalue weighted by atomic mass is 10.2. The molecule has 0 saturated carbocycles. The van der Waals surface area contributed by atoms with Gasteiger partial charge in [0.15, 0.2) is 0 Å². The number of halogens is 2. The molecule has 0 aliphatic rings. The Hall–Kier alpha value is -1.91. The lowest BCUT2D eigenvalue weighted by Gasteiger charge is -2.07. The normalized spacial score (nSPS) is 11.2. The van der Waals surface area contributed by atoms with Gasteiger partial charge in [0.1, 0.15) is 9.23 Å². The number of carbonyl (C=O) groups excluding carboxylic acids is 2. The van der Waals surface area contributed by atoms with E-state index in [9.17, 15) is 18.0 Å². The van der Waals surface area contributed by atoms with Gasteiger partial charge in [-0.3, -0.25) is 9.59 Å². The summed E-state index contributed by atoms with van der Waals surface area (Å²) in [5.41, 5.74) is 0.575. The van der Waals surface area contributed by atoms with Crippen LogP contribution in [0.1, 0.15) is 20.0 Å². The van der Waals surface area contributed by atoms with Gasteiger partial charge in [-0.2, -0.15) is 0 Å². The van der Waals surface area contributed by atoms with Crippen LogP contribution in [-0.2, 0) is 10.0 Å². The van der Waals surface area contributed by atoms with Crippen molar-refractivity contribution in [1.82, 2.24) is 4.72 Å². The maximum absolute atomic E-state index is 12.3. The van der Waals surface area contributed by atoms with Gasteiger partial charge in [0.2, 0.25) is 0 Å². The van der Waals surface area contributed by atoms with Gasteiger partial charge in [-0.15, -0.1) is 22.7 Å². The van der Waals surface area contributed by atoms with Gasteiger partial charge < -0.3 is 5.32 Å². The van der Waals surface area contributed by atoms with E-state index in [2.05, 4.69) is 5.32 Å². The fourth-order valence-electron chi connectivity index (χ4n) is 2.05. The second-order valence-electron chi connectivity index (χ2n) is 5.13. The summed E-state index contributed by atoms with van der Waals surface area (Å²) in [6.07, 6.45) is 0. The molecule has 2 heterocycles. The molecule has 27 heavy (non-hydrogen) atoms. The number of nitrogens with one attached hydrogen (secondary N) is 2. The van der Waals surface area contributed by atoms with Crippen LogP contribution in [0.4, 0.5) is 5.69 Å². The van der Waals surface area contributed by atoms with Crippen LogP contribution in [0, 0.1) is 0 Å². The first-order chi connectivity index (χ1) is 12.8. The molecule has 3 rings (SSSR count). The minimum absolute atomic E-state index is 0.0352. The minimum Gasteiger partial charge on any atom is -0.321 e. The van der Waals surface area contributed by atoms with E-state index in [0.29, 0.717) is 10.6 Å². The molecule has 0 saturated heterocycles. The van der Waals surface area contributed by atoms with Crippen molar-refractivity contribution in [2.45, 2.75) is 4.90 Å². The Bertz CT molecular complexity index is 1090. The van der Waals surface area contributed by atoms with Crippen molar-refractivity contribution in [1.29, 1.82) is 0 Å². The van der Waals surface area contributed by atoms with Crippen LogP contribution in [0.15, 0.2) is 52.7 Å². The first-order valence-electron chi connectivity index (χ1n) is 7.23. The predicted molar refractivity (Wildman–Crippen MR) is 108 cm³/mol. The SMILES string of the molecule is O=C(NS(=O)(=O)c1cc(Cl)sc1Cl)c1ccc(NC(=O)c2cccs2)cc1. The summed E-state index contributed by atoms with van der Waals surface area (Å²) in [6.45, 7) is 0. The monoisotopic (exact) mass is 460 g/mol. The molecule has 3 aromatic rings. The van der Waals surface area contributed by atoms with Crippen molar-refractivity contribution in [2.24, 2.45) is 0 Å². The highest BCUT2D eigenvalue weighted by molar-refractivity contribution is 7.90. The number of anilines is 1. The molecule has 0 aliphatic heterocycles. The number of thiophene rings is 2. The summed E-state index contributed by atoms with van der Waals surface area (Å²) in [6, 6.07) is 10.4. The highest BCUT2D eigenvalue weighted by Crippen LogP contribution is 2.34. The van der Waals surface area contributed by atoms with Crippen molar-refractivity contribution in [3.05, 3.63) is 67.0 Å². The fraction of sp³-hybridized carbons (Fsp3) is 0. The maximum atomic E-state index is 12.3. The Morgan fingerprint density at radius 3 is 2.26 bits per heavy atom. The fourth-order valence-corrected chi connectivity index (χ4v) is 5.79. The van der Waals surface area contributed by atoms with Gasteiger partial charge in [-0.25, -0.2) is 13.1 Å². The first-order valence-corrected chi connectivity index (χ1v) is 11.2. The molecule has 0 unspecified atom stereocenters. The number of amides is 2. The Morgan fingerprint density at radius 2 is 1.70 bits per heavy atom. The third-order valence-corrected chi connectivity index (χ3v) is 7.24. The summed E-state index contributed by atoms with van der Waals surface area (Å²) in [5, 5.41) is 4.47. The van der Waals surface area contributed by atoms with Gasteiger partial charge in [-0.05, 0) is 41.8 Å². The van der Waals surface area contributed by atoms with Crippen LogP contribution < -0.4 is 10.0 Å². The van der Waals surface area contributed by atoms with Crippen molar-refractivity contribution in [3.8, 4) is 0 Å². The quantitative estimate of drug-likeness (QED) is 0.586. The summed E-state index contributed by atoms with van der Waals surface area (Å²) in [4.78, 5) is 24.5. The zero-order chi connectivity index (χ0) is 19.6. The van der Waals surface area contributed by atoms with Gasteiger partial charge in [0.25, 0.3) is 21.8 Å². The molecule has 0 bridgehead atoms. The zero-order valence-corrected chi connectivity index (χ0v) is 17.2. The van der Waals surface area contributed by atoms with Crippen LogP contribution in [0.25, 0.3) is 0 Å². The van der Waals surface area contributed by atoms with Gasteiger partial charge in [-0.1, -0.05) is 29.3 Å². The van der Waals surface area contributed by atoms with E-state index in [0.717, 1.165) is 11.3 Å². The van der Waals surface area contributed by atoms with Gasteiger partial charge in [0.05, 0.1) is 9.21 Å². The van der Waals surface area contributed by atoms with Crippen molar-refractivity contribution in [3.63, 3.8) is 0 Å². The number of benzene rings is 1. The molecule has 0 atom stereocenters. The first kappa shape index (κ1) is 19.8. The van der Waals surface area contributed by atoms with Crippen LogP contribution in [0.3, 0.4) is 0 Å². The molecule has 6 nitrogen and oxygen atoms in total. The smallest absolute Gasteiger partial charge is 0.266 e. The number of rotatable bonds is 5. The number of carbonyl (C=O) groups is 2. The Morgan fingerprint density at radius 1 is 1.00 bits per heavy atom. The molecule has 11 heteroatoms. The maximum Gasteiger partial charge on any atom is 0.266 e. The summed E-state index contributed by atoms with van der Waals surface area (Å²) < 4.78 is 26.6. The van der Waals surface area contributed by atoms with E-state index in [1.165, 1.54) is 41.7 Å². The lowest BCUT2D eigenvalue weighted by Crippen LogP contribution is -2.30. The Kier molecular flexibility index (Phi) is 5.87. The summed E-state index contributed by atoms with van der Waals surface area (Å²) in [5.74, 6) is -1.10. The zero-order valence-electron chi connectivity index (χ0n) is 13.2. The molecule has 2 amide bonds. The highest BCUT2D eigenvalue weighted by atomic mass is 35.5. The van der Waals surface area contributed by atoms with E-state index < -0.39 is 15.9 Å². The highest BCUT2D eigenvalue weighted by Gasteiger charge is 2.24. The largest absolute Gasteiger partial charge is 0.321 e. The van der Waals surface area contributed by atoms with Crippen molar-refractivity contribution >= 4 is 73.4 Å². The molecular formula is C16H10Cl2N2O4S3. The van der Waals surface area contributed by atoms with Crippen molar-refractivity contribution < 1.29 is 18.0 Å². The summed E-state index contributed by atoms with van der Waals surface area (Å²) >= 11 is 13.8. The third-order valence-electron chi connectivity index (χ3n) is 3.29. The van der Waals surface area contributed by atoms with Crippen LogP contribution in [-0.4, -0.2) is 20.2 Å². The lowest BCUT2D eigenvalue weighted by molar-refractivity contribution is 0.0980. The van der Waals surface area contributed by atoms with Gasteiger partial charge in [0, 0.05) is 11.3 Å². The number of sulfonamides is 1. The molecule has 0 fully saturated rings. The number of hydrogen-bond donors (Lipinski definition) is 2. The van der Waals surface area contributed by atoms with Gasteiger partial charge >= 0.3 is 0 Å². The second kappa shape index (κ2) is 7.99. The molecule has 2 aromatic heterocycles. The molecule has 0 aliphatic carbocycles. The van der Waals surface area contributed by atoms with E-state index in [4.69, 9.17) is 23.2 Å². The van der Waals surface area contributed by atoms with Crippen LogP contribution >= 0.6 is 45.9 Å². The van der Waals surface area contributed by atoms with E-state index in [1.54, 1.807) is 17.5 Å². The molecule has 2 N–H and O–H groups in total. The molecule has 140 valence electrons. The second-order valence-corrected chi connectivity index (χ2v) is 10.0. The number of hydrogen-bond acceptors (Lipinski definition) is 6. The third kappa shape index (κ3) is 4.69. The molecule has 0 spiro atoms. The Balaban J connectivity index is 1.70. The van der Waals surface area contributed by atoms with E-state index in [1.807, 2.05) is 4.72 Å². The predicted octanol–water partition coefficient (Wildman–Crippen LogP) is 4.49. The van der Waals surface area contributed by atoms with E-state index >= 15 is 0 Å². The Labute approximate surface area is 172 Å². The molecular weight excluding hydrogens is 451 g/mol. The van der Waals surface area contributed by atoms with E-state index in [-0.39, 0.29) is 25.0 Å². The summed E-state index contributed by atoms with van der Waals surface area (Å²) in [7, 11) is -4.15. The average molecular weight is 461 g/mol. The molecule has 1 aromatic carbocycles. The molecule has 0 radical (unpaired) electrons. The van der Waals surface area contributed by atoms with Crippen LogP contribution in [0.2, 0.25) is 8.67 Å². The van der Waals surface area contributed by atoms with Crippen LogP contribution in [0.5, 0.6) is 0 Å². The standard InChI is InChI=1S/C16H10Cl2N2O4S3/c17-13-8-12(14(18)26-13)27(23,24)20-15(21)9-3-5-10(6-4-9)19-16(22)11-2-1-7-25-11/h1-8H,(H,19,22)(H,20,21). The topological polar surface area (TPSA) is 92.3 Å². The van der Waals surface area contributed by atoms with Crippen molar-refractivity contribution in [2.75, 3.05) is 5.32 Å².